The predicted octanol–water partition coefficient (Wildman–Crippen LogP) is 6.63. The van der Waals surface area contributed by atoms with E-state index in [-0.39, 0.29) is 41.2 Å². The molecule has 1 atom stereocenters. The molecule has 1 aliphatic carbocycles. The number of rotatable bonds is 13. The number of anilines is 1. The van der Waals surface area contributed by atoms with Crippen LogP contribution in [0.2, 0.25) is 5.02 Å². The molecule has 0 aliphatic heterocycles. The molecule has 0 unspecified atom stereocenters. The fourth-order valence-corrected chi connectivity index (χ4v) is 7.66. The first-order valence-corrected chi connectivity index (χ1v) is 17.7. The fourth-order valence-electron chi connectivity index (χ4n) is 6.00. The maximum atomic E-state index is 14.7. The number of ether oxygens (including phenoxy) is 1. The molecule has 0 saturated heterocycles. The lowest BCUT2D eigenvalue weighted by atomic mass is 9.94. The second-order valence-electron chi connectivity index (χ2n) is 11.7. The molecule has 10 heteroatoms. The normalized spacial score (nSPS) is 14.2. The maximum Gasteiger partial charge on any atom is 0.264 e. The summed E-state index contributed by atoms with van der Waals surface area (Å²) in [5.41, 5.74) is 1.80. The minimum Gasteiger partial charge on any atom is -0.495 e. The van der Waals surface area contributed by atoms with Crippen molar-refractivity contribution in [1.29, 1.82) is 0 Å². The lowest BCUT2D eigenvalue weighted by molar-refractivity contribution is -0.140. The van der Waals surface area contributed by atoms with Crippen LogP contribution in [0.25, 0.3) is 0 Å². The third kappa shape index (κ3) is 8.73. The zero-order valence-electron chi connectivity index (χ0n) is 26.4. The highest BCUT2D eigenvalue weighted by Gasteiger charge is 2.36. The first-order chi connectivity index (χ1) is 22.8. The minimum absolute atomic E-state index is 0.0150. The second kappa shape index (κ2) is 16.0. The highest BCUT2D eigenvalue weighted by Crippen LogP contribution is 2.33. The Morgan fingerprint density at radius 3 is 2.17 bits per heavy atom. The topological polar surface area (TPSA) is 96.0 Å². The summed E-state index contributed by atoms with van der Waals surface area (Å²) in [5, 5.41) is 3.71. The molecule has 0 heterocycles. The number of methoxy groups -OCH3 is 1. The van der Waals surface area contributed by atoms with Crippen LogP contribution in [0.5, 0.6) is 5.75 Å². The third-order valence-corrected chi connectivity index (χ3v) is 10.4. The summed E-state index contributed by atoms with van der Waals surface area (Å²) in [5.74, 6) is -0.530. The Balaban J connectivity index is 1.58. The summed E-state index contributed by atoms with van der Waals surface area (Å²) in [4.78, 5) is 30.4. The van der Waals surface area contributed by atoms with Gasteiger partial charge in [-0.2, -0.15) is 0 Å². The van der Waals surface area contributed by atoms with Gasteiger partial charge in [-0.3, -0.25) is 13.9 Å². The molecule has 2 amide bonds. The molecule has 4 aromatic carbocycles. The molecule has 0 spiro atoms. The molecular weight excluding hydrogens is 634 g/mol. The van der Waals surface area contributed by atoms with Crippen LogP contribution in [0, 0.1) is 0 Å². The number of nitrogens with one attached hydrogen (secondary N) is 1. The van der Waals surface area contributed by atoms with Crippen LogP contribution in [0.3, 0.4) is 0 Å². The van der Waals surface area contributed by atoms with Gasteiger partial charge in [0, 0.05) is 24.0 Å². The van der Waals surface area contributed by atoms with Crippen molar-refractivity contribution in [2.24, 2.45) is 0 Å². The van der Waals surface area contributed by atoms with Crippen molar-refractivity contribution >= 4 is 39.1 Å². The van der Waals surface area contributed by atoms with E-state index in [4.69, 9.17) is 16.3 Å². The summed E-state index contributed by atoms with van der Waals surface area (Å²) in [7, 11) is -2.79. The molecule has 0 radical (unpaired) electrons. The standard InChI is InChI=1S/C37H40ClN3O5S/c1-46-35-23-12-11-22-33(35)41(47(44,45)32-20-9-4-10-21-32)27-36(42)40(26-29-16-13-17-30(38)24-29)34(25-28-14-5-2-6-15-28)37(43)39-31-18-7-3-8-19-31/h2,4-6,9-17,20-24,31,34H,3,7-8,18-19,25-27H2,1H3,(H,39,43)/t34-/m1/s1. The molecule has 47 heavy (non-hydrogen) atoms. The van der Waals surface area contributed by atoms with E-state index in [1.807, 2.05) is 36.4 Å². The van der Waals surface area contributed by atoms with Crippen molar-refractivity contribution < 1.29 is 22.7 Å². The Hall–Kier alpha value is -4.34. The fraction of sp³-hybridized carbons (Fsp3) is 0.297. The van der Waals surface area contributed by atoms with Gasteiger partial charge in [-0.05, 0) is 60.4 Å². The van der Waals surface area contributed by atoms with E-state index in [1.54, 1.807) is 60.7 Å². The first-order valence-electron chi connectivity index (χ1n) is 15.9. The molecule has 0 aromatic heterocycles. The highest BCUT2D eigenvalue weighted by molar-refractivity contribution is 7.92. The molecule has 8 nitrogen and oxygen atoms in total. The number of sulfonamides is 1. The zero-order chi connectivity index (χ0) is 33.2. The lowest BCUT2D eigenvalue weighted by Crippen LogP contribution is -2.55. The Bertz CT molecular complexity index is 1750. The Kier molecular flexibility index (Phi) is 11.6. The number of nitrogens with zero attached hydrogens (tertiary/aromatic N) is 2. The van der Waals surface area contributed by atoms with Gasteiger partial charge >= 0.3 is 0 Å². The summed E-state index contributed by atoms with van der Waals surface area (Å²) in [6.07, 6.45) is 5.20. The van der Waals surface area contributed by atoms with E-state index >= 15 is 0 Å². The van der Waals surface area contributed by atoms with Gasteiger partial charge in [0.2, 0.25) is 11.8 Å². The summed E-state index contributed by atoms with van der Waals surface area (Å²) in [6, 6.07) is 30.4. The van der Waals surface area contributed by atoms with Crippen LogP contribution in [-0.2, 0) is 32.6 Å². The van der Waals surface area contributed by atoms with Crippen molar-refractivity contribution in [1.82, 2.24) is 10.2 Å². The molecule has 0 bridgehead atoms. The van der Waals surface area contributed by atoms with Gasteiger partial charge < -0.3 is 15.0 Å². The molecule has 1 N–H and O–H groups in total. The van der Waals surface area contributed by atoms with Crippen molar-refractivity contribution in [3.8, 4) is 5.75 Å². The van der Waals surface area contributed by atoms with Gasteiger partial charge in [-0.15, -0.1) is 0 Å². The van der Waals surface area contributed by atoms with Gasteiger partial charge in [0.1, 0.15) is 18.3 Å². The number of hydrogen-bond acceptors (Lipinski definition) is 5. The molecule has 1 fully saturated rings. The number of amides is 2. The monoisotopic (exact) mass is 673 g/mol. The van der Waals surface area contributed by atoms with Crippen LogP contribution in [0.15, 0.2) is 114 Å². The molecule has 5 rings (SSSR count). The Labute approximate surface area is 282 Å². The third-order valence-electron chi connectivity index (χ3n) is 8.43. The van der Waals surface area contributed by atoms with E-state index in [0.29, 0.717) is 10.6 Å². The smallest absolute Gasteiger partial charge is 0.264 e. The van der Waals surface area contributed by atoms with E-state index in [1.165, 1.54) is 24.1 Å². The Morgan fingerprint density at radius 1 is 0.851 bits per heavy atom. The average molecular weight is 674 g/mol. The van der Waals surface area contributed by atoms with Crippen LogP contribution in [0.4, 0.5) is 5.69 Å². The summed E-state index contributed by atoms with van der Waals surface area (Å²) in [6.45, 7) is -0.527. The van der Waals surface area contributed by atoms with Crippen molar-refractivity contribution in [3.63, 3.8) is 0 Å². The first kappa shape index (κ1) is 34.0. The molecule has 4 aromatic rings. The minimum atomic E-state index is -4.24. The number of para-hydroxylation sites is 2. The summed E-state index contributed by atoms with van der Waals surface area (Å²) >= 11 is 6.35. The van der Waals surface area contributed by atoms with Gasteiger partial charge in [-0.25, -0.2) is 8.42 Å². The van der Waals surface area contributed by atoms with Gasteiger partial charge in [-0.1, -0.05) is 104 Å². The SMILES string of the molecule is COc1ccccc1N(CC(=O)N(Cc1cccc(Cl)c1)[C@H](Cc1ccccc1)C(=O)NC1CCCCC1)S(=O)(=O)c1ccccc1. The van der Waals surface area contributed by atoms with Crippen molar-refractivity contribution in [2.45, 2.75) is 62.0 Å². The van der Waals surface area contributed by atoms with Crippen molar-refractivity contribution in [2.75, 3.05) is 18.0 Å². The average Bonchev–Trinajstić information content (AvgIpc) is 3.10. The van der Waals surface area contributed by atoms with E-state index in [2.05, 4.69) is 5.32 Å². The Morgan fingerprint density at radius 2 is 1.49 bits per heavy atom. The van der Waals surface area contributed by atoms with Crippen LogP contribution >= 0.6 is 11.6 Å². The van der Waals surface area contributed by atoms with Crippen molar-refractivity contribution in [3.05, 3.63) is 125 Å². The van der Waals surface area contributed by atoms with E-state index in [0.717, 1.165) is 42.0 Å². The second-order valence-corrected chi connectivity index (χ2v) is 14.0. The number of benzene rings is 4. The number of carbonyl (C=O) groups excluding carboxylic acids is 2. The molecule has 246 valence electrons. The molecule has 1 aliphatic rings. The van der Waals surface area contributed by atoms with E-state index in [9.17, 15) is 18.0 Å². The van der Waals surface area contributed by atoms with Crippen LogP contribution < -0.4 is 14.4 Å². The zero-order valence-corrected chi connectivity index (χ0v) is 28.0. The van der Waals surface area contributed by atoms with Gasteiger partial charge in [0.15, 0.2) is 0 Å². The highest BCUT2D eigenvalue weighted by atomic mass is 35.5. The maximum absolute atomic E-state index is 14.7. The predicted molar refractivity (Wildman–Crippen MR) is 185 cm³/mol. The van der Waals surface area contributed by atoms with E-state index < -0.39 is 28.5 Å². The summed E-state index contributed by atoms with van der Waals surface area (Å²) < 4.78 is 35.1. The number of halogens is 1. The van der Waals surface area contributed by atoms with Gasteiger partial charge in [0.05, 0.1) is 17.7 Å². The largest absolute Gasteiger partial charge is 0.495 e. The van der Waals surface area contributed by atoms with Gasteiger partial charge in [0.25, 0.3) is 10.0 Å². The lowest BCUT2D eigenvalue weighted by Gasteiger charge is -2.35. The van der Waals surface area contributed by atoms with Crippen LogP contribution in [-0.4, -0.2) is 50.9 Å². The number of hydrogen-bond donors (Lipinski definition) is 1. The quantitative estimate of drug-likeness (QED) is 0.172. The van der Waals surface area contributed by atoms with Crippen LogP contribution in [0.1, 0.15) is 43.2 Å². The molecular formula is C37H40ClN3O5S. The number of carbonyl (C=O) groups is 2. The molecule has 1 saturated carbocycles.